The lowest BCUT2D eigenvalue weighted by atomic mass is 9.89. The van der Waals surface area contributed by atoms with Crippen LogP contribution in [-0.4, -0.2) is 0 Å². The van der Waals surface area contributed by atoms with Crippen molar-refractivity contribution in [2.24, 2.45) is 0 Å². The van der Waals surface area contributed by atoms with Gasteiger partial charge in [-0.05, 0) is 76.1 Å². The minimum Gasteiger partial charge on any atom is -0.364 e. The molecule has 0 aromatic heterocycles. The lowest BCUT2D eigenvalue weighted by Crippen LogP contribution is -2.08. The summed E-state index contributed by atoms with van der Waals surface area (Å²) in [6, 6.07) is 29.7. The molecular formula is C34H29NO. The zero-order valence-electron chi connectivity index (χ0n) is 20.6. The summed E-state index contributed by atoms with van der Waals surface area (Å²) < 4.78 is 6.53. The van der Waals surface area contributed by atoms with Crippen LogP contribution in [0, 0.1) is 11.3 Å². The van der Waals surface area contributed by atoms with Crippen LogP contribution in [0.15, 0.2) is 115 Å². The van der Waals surface area contributed by atoms with Crippen LogP contribution >= 0.6 is 0 Å². The average molecular weight is 468 g/mol. The molecule has 1 aliphatic rings. The van der Waals surface area contributed by atoms with Crippen molar-refractivity contribution < 1.29 is 4.74 Å². The summed E-state index contributed by atoms with van der Waals surface area (Å²) in [5.41, 5.74) is 8.69. The van der Waals surface area contributed by atoms with Crippen LogP contribution in [0.25, 0.3) is 21.9 Å². The Balaban J connectivity index is 1.62. The van der Waals surface area contributed by atoms with Gasteiger partial charge in [-0.1, -0.05) is 97.6 Å². The molecule has 1 atom stereocenters. The highest BCUT2D eigenvalue weighted by Crippen LogP contribution is 2.40. The number of rotatable bonds is 8. The first kappa shape index (κ1) is 23.5. The van der Waals surface area contributed by atoms with E-state index in [9.17, 15) is 5.26 Å². The van der Waals surface area contributed by atoms with E-state index >= 15 is 0 Å². The highest BCUT2D eigenvalue weighted by Gasteiger charge is 2.21. The van der Waals surface area contributed by atoms with Crippen LogP contribution in [0.5, 0.6) is 0 Å². The van der Waals surface area contributed by atoms with Crippen molar-refractivity contribution in [2.75, 3.05) is 0 Å². The Morgan fingerprint density at radius 3 is 2.53 bits per heavy atom. The third kappa shape index (κ3) is 4.54. The zero-order chi connectivity index (χ0) is 24.9. The van der Waals surface area contributed by atoms with Gasteiger partial charge in [0, 0.05) is 5.56 Å². The molecule has 0 spiro atoms. The van der Waals surface area contributed by atoms with Gasteiger partial charge in [-0.25, -0.2) is 0 Å². The Kier molecular flexibility index (Phi) is 6.94. The number of allylic oxidation sites excluding steroid dienone is 3. The van der Waals surface area contributed by atoms with Crippen molar-refractivity contribution >= 4 is 10.8 Å². The third-order valence-corrected chi connectivity index (χ3v) is 6.95. The molecule has 2 nitrogen and oxygen atoms in total. The fourth-order valence-electron chi connectivity index (χ4n) is 5.18. The van der Waals surface area contributed by atoms with Crippen LogP contribution in [0.1, 0.15) is 40.8 Å². The summed E-state index contributed by atoms with van der Waals surface area (Å²) in [6.45, 7) is 6.34. The van der Waals surface area contributed by atoms with Gasteiger partial charge in [-0.15, -0.1) is 0 Å². The molecule has 0 fully saturated rings. The topological polar surface area (TPSA) is 33.0 Å². The number of hydrogen-bond donors (Lipinski definition) is 0. The largest absolute Gasteiger partial charge is 0.364 e. The first-order chi connectivity index (χ1) is 17.7. The summed E-state index contributed by atoms with van der Waals surface area (Å²) >= 11 is 0. The summed E-state index contributed by atoms with van der Waals surface area (Å²) in [5, 5.41) is 12.6. The molecule has 2 heteroatoms. The quantitative estimate of drug-likeness (QED) is 0.244. The van der Waals surface area contributed by atoms with Crippen molar-refractivity contribution in [1.82, 2.24) is 0 Å². The lowest BCUT2D eigenvalue weighted by molar-refractivity contribution is 0.0662. The van der Waals surface area contributed by atoms with E-state index in [1.165, 1.54) is 21.9 Å². The highest BCUT2D eigenvalue weighted by molar-refractivity contribution is 6.02. The van der Waals surface area contributed by atoms with Crippen molar-refractivity contribution in [3.63, 3.8) is 0 Å². The maximum Gasteiger partial charge on any atom is 0.108 e. The predicted octanol–water partition coefficient (Wildman–Crippen LogP) is 8.42. The Labute approximate surface area is 213 Å². The van der Waals surface area contributed by atoms with Gasteiger partial charge < -0.3 is 4.74 Å². The number of hydrogen-bond acceptors (Lipinski definition) is 2. The van der Waals surface area contributed by atoms with Crippen LogP contribution in [0.3, 0.4) is 0 Å². The fraction of sp³-hybridized carbons (Fsp3) is 0.147. The number of nitrogens with zero attached hydrogens (tertiary/aromatic N) is 1. The van der Waals surface area contributed by atoms with E-state index in [0.717, 1.165) is 40.7 Å². The van der Waals surface area contributed by atoms with Gasteiger partial charge in [0.2, 0.25) is 0 Å². The Morgan fingerprint density at radius 2 is 1.78 bits per heavy atom. The molecule has 176 valence electrons. The minimum atomic E-state index is -0.283. The van der Waals surface area contributed by atoms with E-state index in [1.54, 1.807) is 6.08 Å². The molecule has 0 saturated heterocycles. The van der Waals surface area contributed by atoms with Gasteiger partial charge in [-0.3, -0.25) is 0 Å². The second-order valence-electron chi connectivity index (χ2n) is 9.09. The van der Waals surface area contributed by atoms with Gasteiger partial charge in [-0.2, -0.15) is 5.26 Å². The molecule has 0 saturated carbocycles. The molecule has 1 aliphatic carbocycles. The van der Waals surface area contributed by atoms with Crippen molar-refractivity contribution in [1.29, 1.82) is 5.26 Å². The lowest BCUT2D eigenvalue weighted by Gasteiger charge is -2.22. The average Bonchev–Trinajstić information content (AvgIpc) is 3.36. The molecule has 0 aliphatic heterocycles. The fourth-order valence-corrected chi connectivity index (χ4v) is 5.18. The molecule has 1 unspecified atom stereocenters. The molecule has 5 rings (SSSR count). The first-order valence-corrected chi connectivity index (χ1v) is 12.4. The Morgan fingerprint density at radius 1 is 0.972 bits per heavy atom. The molecule has 0 bridgehead atoms. The molecule has 0 radical (unpaired) electrons. The summed E-state index contributed by atoms with van der Waals surface area (Å²) in [5.74, 6) is 0. The second kappa shape index (κ2) is 10.6. The van der Waals surface area contributed by atoms with Crippen molar-refractivity contribution in [3.8, 4) is 17.2 Å². The molecule has 0 N–H and O–H groups in total. The Hall–Kier alpha value is -4.19. The van der Waals surface area contributed by atoms with E-state index in [4.69, 9.17) is 4.74 Å². The maximum absolute atomic E-state index is 10.0. The molecule has 4 aromatic carbocycles. The van der Waals surface area contributed by atoms with Gasteiger partial charge in [0.1, 0.15) is 6.10 Å². The molecule has 0 amide bonds. The summed E-state index contributed by atoms with van der Waals surface area (Å²) in [4.78, 5) is 0. The van der Waals surface area contributed by atoms with Gasteiger partial charge >= 0.3 is 0 Å². The van der Waals surface area contributed by atoms with E-state index in [0.29, 0.717) is 12.2 Å². The van der Waals surface area contributed by atoms with E-state index in [1.807, 2.05) is 49.4 Å². The zero-order valence-corrected chi connectivity index (χ0v) is 20.6. The van der Waals surface area contributed by atoms with Crippen LogP contribution < -0.4 is 0 Å². The molecule has 0 heterocycles. The Bertz CT molecular complexity index is 1510. The second-order valence-corrected chi connectivity index (χ2v) is 9.09. The number of ether oxygens (including phenoxy) is 1. The van der Waals surface area contributed by atoms with Crippen molar-refractivity contribution in [2.45, 2.75) is 32.5 Å². The van der Waals surface area contributed by atoms with Crippen LogP contribution in [-0.2, 0) is 24.2 Å². The third-order valence-electron chi connectivity index (χ3n) is 6.95. The molecule has 36 heavy (non-hydrogen) atoms. The monoisotopic (exact) mass is 467 g/mol. The normalized spacial score (nSPS) is 13.7. The molecule has 4 aromatic rings. The first-order valence-electron chi connectivity index (χ1n) is 12.4. The standard InChI is InChI=1S/C34H29NO/c1-3-5-12-25(4-2)34(36-23-24-10-7-6-8-11-24)28-17-18-29(22-35)32(21-28)30-20-19-27-16-15-26-13-9-14-31(30)33(26)27/h3-14,17-21,34H,1,15-16,23H2,2H3/b12-5-,25-4+. The minimum absolute atomic E-state index is 0.283. The number of nitriles is 1. The van der Waals surface area contributed by atoms with Crippen LogP contribution in [0.2, 0.25) is 0 Å². The summed E-state index contributed by atoms with van der Waals surface area (Å²) in [7, 11) is 0. The maximum atomic E-state index is 10.0. The van der Waals surface area contributed by atoms with E-state index in [2.05, 4.69) is 67.3 Å². The van der Waals surface area contributed by atoms with E-state index < -0.39 is 0 Å². The smallest absolute Gasteiger partial charge is 0.108 e. The van der Waals surface area contributed by atoms with Crippen molar-refractivity contribution in [3.05, 3.63) is 143 Å². The van der Waals surface area contributed by atoms with Gasteiger partial charge in [0.05, 0.1) is 18.2 Å². The van der Waals surface area contributed by atoms with Gasteiger partial charge in [0.25, 0.3) is 0 Å². The highest BCUT2D eigenvalue weighted by atomic mass is 16.5. The predicted molar refractivity (Wildman–Crippen MR) is 149 cm³/mol. The SMILES string of the molecule is C=C/C=C\C(=C/C)C(OCc1ccccc1)c1ccc(C#N)c(-c2ccc3c4c(cccc24)CC3)c1. The van der Waals surface area contributed by atoms with E-state index in [-0.39, 0.29) is 6.10 Å². The summed E-state index contributed by atoms with van der Waals surface area (Å²) in [6.07, 6.45) is 9.70. The number of aryl methyl sites for hydroxylation is 2. The molecular weight excluding hydrogens is 438 g/mol. The van der Waals surface area contributed by atoms with Gasteiger partial charge in [0.15, 0.2) is 0 Å². The number of benzene rings is 4. The van der Waals surface area contributed by atoms with Crippen LogP contribution in [0.4, 0.5) is 0 Å².